The molecule has 1 aromatic heterocycles. The van der Waals surface area contributed by atoms with E-state index in [4.69, 9.17) is 5.73 Å². The summed E-state index contributed by atoms with van der Waals surface area (Å²) in [6.45, 7) is 7.61. The molecule has 1 aromatic rings. The largest absolute Gasteiger partial charge is 0.383 e. The average molecular weight is 249 g/mol. The summed E-state index contributed by atoms with van der Waals surface area (Å²) >= 11 is 0. The summed E-state index contributed by atoms with van der Waals surface area (Å²) in [6, 6.07) is 2.76. The van der Waals surface area contributed by atoms with Gasteiger partial charge in [0.25, 0.3) is 0 Å². The Morgan fingerprint density at radius 2 is 2.06 bits per heavy atom. The van der Waals surface area contributed by atoms with Gasteiger partial charge in [-0.15, -0.1) is 0 Å². The van der Waals surface area contributed by atoms with Crippen LogP contribution in [0.5, 0.6) is 0 Å². The van der Waals surface area contributed by atoms with Gasteiger partial charge in [0, 0.05) is 12.2 Å². The van der Waals surface area contributed by atoms with Gasteiger partial charge in [-0.25, -0.2) is 4.98 Å². The molecule has 0 saturated carbocycles. The van der Waals surface area contributed by atoms with Gasteiger partial charge >= 0.3 is 0 Å². The molecule has 0 aliphatic rings. The highest BCUT2D eigenvalue weighted by Crippen LogP contribution is 2.15. The zero-order valence-electron chi connectivity index (χ0n) is 12.0. The third-order valence-electron chi connectivity index (χ3n) is 3.22. The van der Waals surface area contributed by atoms with E-state index < -0.39 is 0 Å². The molecule has 0 bridgehead atoms. The minimum Gasteiger partial charge on any atom is -0.383 e. The van der Waals surface area contributed by atoms with Crippen LogP contribution in [0, 0.1) is 6.92 Å². The Labute approximate surface area is 111 Å². The number of nitrogens with zero attached hydrogens (tertiary/aromatic N) is 1. The lowest BCUT2D eigenvalue weighted by Crippen LogP contribution is -2.30. The molecular formula is C15H27N3. The highest BCUT2D eigenvalue weighted by molar-refractivity contribution is 5.40. The zero-order valence-corrected chi connectivity index (χ0v) is 12.0. The number of aryl methyl sites for hydroxylation is 2. The van der Waals surface area contributed by atoms with Crippen molar-refractivity contribution in [1.29, 1.82) is 0 Å². The summed E-state index contributed by atoms with van der Waals surface area (Å²) in [5, 5.41) is 3.61. The summed E-state index contributed by atoms with van der Waals surface area (Å²) in [7, 11) is 0. The van der Waals surface area contributed by atoms with Gasteiger partial charge in [0.15, 0.2) is 0 Å². The third-order valence-corrected chi connectivity index (χ3v) is 3.22. The lowest BCUT2D eigenvalue weighted by Gasteiger charge is -2.18. The maximum Gasteiger partial charge on any atom is 0.126 e. The molecule has 0 aromatic carbocycles. The number of nitrogens with one attached hydrogen (secondary N) is 1. The highest BCUT2D eigenvalue weighted by atomic mass is 14.9. The molecule has 1 heterocycles. The fourth-order valence-electron chi connectivity index (χ4n) is 2.22. The Bertz CT molecular complexity index is 350. The van der Waals surface area contributed by atoms with Gasteiger partial charge in [-0.3, -0.25) is 0 Å². The normalized spacial score (nSPS) is 12.6. The molecule has 0 spiro atoms. The fraction of sp³-hybridized carbons (Fsp3) is 0.667. The molecule has 1 rings (SSSR count). The van der Waals surface area contributed by atoms with Gasteiger partial charge in [0.1, 0.15) is 5.82 Å². The van der Waals surface area contributed by atoms with Crippen LogP contribution in [0.15, 0.2) is 12.3 Å². The molecule has 102 valence electrons. The van der Waals surface area contributed by atoms with E-state index in [1.54, 1.807) is 0 Å². The molecular weight excluding hydrogens is 222 g/mol. The smallest absolute Gasteiger partial charge is 0.126 e. The van der Waals surface area contributed by atoms with Crippen molar-refractivity contribution in [2.24, 2.45) is 0 Å². The number of pyridine rings is 1. The van der Waals surface area contributed by atoms with Crippen molar-refractivity contribution in [3.8, 4) is 0 Å². The predicted molar refractivity (Wildman–Crippen MR) is 78.7 cm³/mol. The molecule has 0 saturated heterocycles. The maximum atomic E-state index is 5.92. The summed E-state index contributed by atoms with van der Waals surface area (Å²) in [4.78, 5) is 4.22. The number of aromatic nitrogens is 1. The standard InChI is InChI=1S/C15H27N3/c1-4-6-14(17-9-5-2)8-7-13-10-12(3)11-18-15(13)16/h10-11,14,17H,4-9H2,1-3H3,(H2,16,18). The van der Waals surface area contributed by atoms with Crippen molar-refractivity contribution in [2.75, 3.05) is 12.3 Å². The van der Waals surface area contributed by atoms with E-state index >= 15 is 0 Å². The highest BCUT2D eigenvalue weighted by Gasteiger charge is 2.08. The van der Waals surface area contributed by atoms with Gasteiger partial charge in [0.05, 0.1) is 0 Å². The average Bonchev–Trinajstić information content (AvgIpc) is 2.36. The van der Waals surface area contributed by atoms with Gasteiger partial charge < -0.3 is 11.1 Å². The number of anilines is 1. The lowest BCUT2D eigenvalue weighted by molar-refractivity contribution is 0.449. The van der Waals surface area contributed by atoms with Crippen molar-refractivity contribution in [1.82, 2.24) is 10.3 Å². The van der Waals surface area contributed by atoms with E-state index in [2.05, 4.69) is 37.1 Å². The molecule has 3 nitrogen and oxygen atoms in total. The van der Waals surface area contributed by atoms with Crippen molar-refractivity contribution >= 4 is 5.82 Å². The second-order valence-electron chi connectivity index (χ2n) is 5.04. The Morgan fingerprint density at radius 1 is 1.28 bits per heavy atom. The van der Waals surface area contributed by atoms with Crippen LogP contribution in [-0.2, 0) is 6.42 Å². The molecule has 0 amide bonds. The zero-order chi connectivity index (χ0) is 13.4. The minimum absolute atomic E-state index is 0.606. The van der Waals surface area contributed by atoms with Gasteiger partial charge in [-0.05, 0) is 50.3 Å². The van der Waals surface area contributed by atoms with Gasteiger partial charge in [-0.2, -0.15) is 0 Å². The van der Waals surface area contributed by atoms with Crippen LogP contribution in [0.25, 0.3) is 0 Å². The van der Waals surface area contributed by atoms with Gasteiger partial charge in [0.2, 0.25) is 0 Å². The van der Waals surface area contributed by atoms with Crippen LogP contribution in [0.2, 0.25) is 0 Å². The van der Waals surface area contributed by atoms with Crippen molar-refractivity contribution in [3.05, 3.63) is 23.4 Å². The summed E-state index contributed by atoms with van der Waals surface area (Å²) < 4.78 is 0. The van der Waals surface area contributed by atoms with Crippen molar-refractivity contribution in [2.45, 2.75) is 58.9 Å². The fourth-order valence-corrected chi connectivity index (χ4v) is 2.22. The predicted octanol–water partition coefficient (Wildman–Crippen LogP) is 3.07. The number of nitrogens with two attached hydrogens (primary N) is 1. The molecule has 18 heavy (non-hydrogen) atoms. The SMILES string of the molecule is CCCNC(CCC)CCc1cc(C)cnc1N. The molecule has 0 radical (unpaired) electrons. The van der Waals surface area contributed by atoms with E-state index in [0.717, 1.165) is 19.4 Å². The summed E-state index contributed by atoms with van der Waals surface area (Å²) in [5.74, 6) is 0.686. The molecule has 3 heteroatoms. The lowest BCUT2D eigenvalue weighted by atomic mass is 10.0. The number of hydrogen-bond acceptors (Lipinski definition) is 3. The van der Waals surface area contributed by atoms with E-state index in [0.29, 0.717) is 11.9 Å². The first-order valence-electron chi connectivity index (χ1n) is 7.11. The molecule has 1 atom stereocenters. The minimum atomic E-state index is 0.606. The maximum absolute atomic E-state index is 5.92. The summed E-state index contributed by atoms with van der Waals surface area (Å²) in [5.41, 5.74) is 8.30. The van der Waals surface area contributed by atoms with Crippen LogP contribution in [-0.4, -0.2) is 17.6 Å². The topological polar surface area (TPSA) is 50.9 Å². The number of nitrogen functional groups attached to an aromatic ring is 1. The monoisotopic (exact) mass is 249 g/mol. The second-order valence-corrected chi connectivity index (χ2v) is 5.04. The first kappa shape index (κ1) is 15.0. The number of hydrogen-bond donors (Lipinski definition) is 2. The van der Waals surface area contributed by atoms with E-state index in [-0.39, 0.29) is 0 Å². The van der Waals surface area contributed by atoms with Crippen molar-refractivity contribution < 1.29 is 0 Å². The molecule has 0 aliphatic heterocycles. The van der Waals surface area contributed by atoms with Crippen LogP contribution in [0.3, 0.4) is 0 Å². The van der Waals surface area contributed by atoms with E-state index in [9.17, 15) is 0 Å². The van der Waals surface area contributed by atoms with E-state index in [1.807, 2.05) is 6.20 Å². The van der Waals surface area contributed by atoms with Gasteiger partial charge in [-0.1, -0.05) is 26.3 Å². The first-order chi connectivity index (χ1) is 8.67. The Morgan fingerprint density at radius 3 is 2.72 bits per heavy atom. The Kier molecular flexibility index (Phi) is 6.73. The van der Waals surface area contributed by atoms with Crippen LogP contribution < -0.4 is 11.1 Å². The third kappa shape index (κ3) is 5.05. The molecule has 3 N–H and O–H groups in total. The van der Waals surface area contributed by atoms with Crippen LogP contribution in [0.1, 0.15) is 50.7 Å². The Hall–Kier alpha value is -1.09. The van der Waals surface area contributed by atoms with E-state index in [1.165, 1.54) is 30.4 Å². The second kappa shape index (κ2) is 8.09. The van der Waals surface area contributed by atoms with Crippen molar-refractivity contribution in [3.63, 3.8) is 0 Å². The number of rotatable bonds is 8. The Balaban J connectivity index is 2.52. The molecule has 1 unspecified atom stereocenters. The van der Waals surface area contributed by atoms with Crippen LogP contribution >= 0.6 is 0 Å². The molecule has 0 aliphatic carbocycles. The van der Waals surface area contributed by atoms with Crippen LogP contribution in [0.4, 0.5) is 5.82 Å². The molecule has 0 fully saturated rings. The first-order valence-corrected chi connectivity index (χ1v) is 7.11. The quantitative estimate of drug-likeness (QED) is 0.744. The summed E-state index contributed by atoms with van der Waals surface area (Å²) in [6.07, 6.45) is 7.64.